The summed E-state index contributed by atoms with van der Waals surface area (Å²) in [5, 5.41) is 22.7. The van der Waals surface area contributed by atoms with Crippen LogP contribution in [0.1, 0.15) is 21.6 Å². The van der Waals surface area contributed by atoms with Crippen molar-refractivity contribution in [3.8, 4) is 5.75 Å². The summed E-state index contributed by atoms with van der Waals surface area (Å²) in [5.74, 6) is -0.290. The van der Waals surface area contributed by atoms with E-state index in [1.54, 1.807) is 6.07 Å². The second-order valence-corrected chi connectivity index (χ2v) is 7.24. The Balaban J connectivity index is 1.28. The fraction of sp³-hybridized carbons (Fsp3) is 0.261. The number of hydrogen-bond donors (Lipinski definition) is 3. The van der Waals surface area contributed by atoms with E-state index in [1.165, 1.54) is 11.8 Å². The number of aromatic carboxylic acids is 1. The van der Waals surface area contributed by atoms with Gasteiger partial charge in [0.2, 0.25) is 0 Å². The Hall–Kier alpha value is -3.49. The number of ether oxygens (including phenoxy) is 2. The summed E-state index contributed by atoms with van der Waals surface area (Å²) in [6, 6.07) is 17.5. The minimum atomic E-state index is -1.12. The molecule has 0 spiro atoms. The smallest absolute Gasteiger partial charge is 0.358 e. The third-order valence-corrected chi connectivity index (χ3v) is 4.94. The number of carbonyl (C=O) groups is 1. The Bertz CT molecular complexity index is 1000. The number of rotatable bonds is 10. The summed E-state index contributed by atoms with van der Waals surface area (Å²) < 4.78 is 11.4. The number of nitrogens with one attached hydrogen (secondary N) is 2. The van der Waals surface area contributed by atoms with Gasteiger partial charge in [0.15, 0.2) is 5.69 Å². The lowest BCUT2D eigenvalue weighted by Gasteiger charge is -2.26. The van der Waals surface area contributed by atoms with Crippen molar-refractivity contribution in [3.05, 3.63) is 77.6 Å². The monoisotopic (exact) mass is 420 g/mol. The summed E-state index contributed by atoms with van der Waals surface area (Å²) in [5.41, 5.74) is 3.40. The molecule has 0 radical (unpaired) electrons. The summed E-state index contributed by atoms with van der Waals surface area (Å²) >= 11 is 0. The molecule has 0 saturated carbocycles. The molecule has 1 aliphatic rings. The minimum absolute atomic E-state index is 0.111. The molecule has 0 bridgehead atoms. The molecule has 4 rings (SSSR count). The first-order valence-electron chi connectivity index (χ1n) is 10.1. The fourth-order valence-electron chi connectivity index (χ4n) is 3.15. The predicted molar refractivity (Wildman–Crippen MR) is 116 cm³/mol. The molecule has 0 unspecified atom stereocenters. The standard InChI is InChI=1S/C23H24N4O4/c28-23(29)22-21(9-10-25-27-22)26-18-5-1-16(2-6-18)13-17-3-7-19(8-4-17)30-11-12-31-20-14-24-15-20/h1-10,20,24H,11-15H2,(H,25,26)(H,28,29). The van der Waals surface area contributed by atoms with Crippen LogP contribution in [-0.2, 0) is 11.2 Å². The first kappa shape index (κ1) is 20.8. The van der Waals surface area contributed by atoms with Crippen LogP contribution >= 0.6 is 0 Å². The molecule has 3 N–H and O–H groups in total. The highest BCUT2D eigenvalue weighted by Crippen LogP contribution is 2.21. The Morgan fingerprint density at radius 2 is 1.74 bits per heavy atom. The Morgan fingerprint density at radius 3 is 2.39 bits per heavy atom. The third kappa shape index (κ3) is 5.78. The molecule has 1 fully saturated rings. The van der Waals surface area contributed by atoms with E-state index < -0.39 is 5.97 Å². The highest BCUT2D eigenvalue weighted by molar-refractivity contribution is 5.92. The van der Waals surface area contributed by atoms with Gasteiger partial charge in [0.05, 0.1) is 24.6 Å². The highest BCUT2D eigenvalue weighted by Gasteiger charge is 2.16. The van der Waals surface area contributed by atoms with Crippen molar-refractivity contribution < 1.29 is 19.4 Å². The van der Waals surface area contributed by atoms with E-state index in [4.69, 9.17) is 9.47 Å². The molecule has 0 amide bonds. The average molecular weight is 420 g/mol. The van der Waals surface area contributed by atoms with E-state index in [1.807, 2.05) is 36.4 Å². The Morgan fingerprint density at radius 1 is 1.03 bits per heavy atom. The number of aromatic nitrogens is 2. The Kier molecular flexibility index (Phi) is 6.71. The fourth-order valence-corrected chi connectivity index (χ4v) is 3.15. The molecule has 3 aromatic rings. The van der Waals surface area contributed by atoms with Gasteiger partial charge in [-0.1, -0.05) is 24.3 Å². The van der Waals surface area contributed by atoms with Crippen LogP contribution in [0, 0.1) is 0 Å². The lowest BCUT2D eigenvalue weighted by Crippen LogP contribution is -2.48. The van der Waals surface area contributed by atoms with Crippen molar-refractivity contribution in [2.45, 2.75) is 12.5 Å². The van der Waals surface area contributed by atoms with Gasteiger partial charge >= 0.3 is 5.97 Å². The van der Waals surface area contributed by atoms with Crippen LogP contribution in [0.15, 0.2) is 60.8 Å². The van der Waals surface area contributed by atoms with Crippen LogP contribution in [-0.4, -0.2) is 53.7 Å². The zero-order valence-corrected chi connectivity index (χ0v) is 17.0. The molecule has 8 heteroatoms. The van der Waals surface area contributed by atoms with Crippen molar-refractivity contribution in [1.29, 1.82) is 0 Å². The molecule has 1 aliphatic heterocycles. The first-order valence-corrected chi connectivity index (χ1v) is 10.1. The lowest BCUT2D eigenvalue weighted by molar-refractivity contribution is 0.00454. The number of nitrogens with zero attached hydrogens (tertiary/aromatic N) is 2. The predicted octanol–water partition coefficient (Wildman–Crippen LogP) is 2.88. The molecule has 8 nitrogen and oxygen atoms in total. The van der Waals surface area contributed by atoms with Crippen molar-refractivity contribution in [2.75, 3.05) is 31.6 Å². The number of anilines is 2. The van der Waals surface area contributed by atoms with Gasteiger partial charge in [0.25, 0.3) is 0 Å². The first-order chi connectivity index (χ1) is 15.2. The number of carboxylic acids is 1. The van der Waals surface area contributed by atoms with Crippen molar-refractivity contribution in [1.82, 2.24) is 15.5 Å². The van der Waals surface area contributed by atoms with Crippen LogP contribution in [0.2, 0.25) is 0 Å². The lowest BCUT2D eigenvalue weighted by atomic mass is 10.0. The quantitative estimate of drug-likeness (QED) is 0.430. The van der Waals surface area contributed by atoms with Gasteiger partial charge < -0.3 is 25.2 Å². The van der Waals surface area contributed by atoms with Gasteiger partial charge in [-0.2, -0.15) is 5.10 Å². The maximum Gasteiger partial charge on any atom is 0.358 e. The molecule has 2 aromatic carbocycles. The zero-order valence-electron chi connectivity index (χ0n) is 17.0. The maximum absolute atomic E-state index is 11.2. The number of benzene rings is 2. The number of hydrogen-bond acceptors (Lipinski definition) is 7. The summed E-state index contributed by atoms with van der Waals surface area (Å²) in [6.07, 6.45) is 2.57. The van der Waals surface area contributed by atoms with Gasteiger partial charge in [-0.3, -0.25) is 0 Å². The van der Waals surface area contributed by atoms with E-state index in [-0.39, 0.29) is 5.69 Å². The molecule has 2 heterocycles. The van der Waals surface area contributed by atoms with Crippen molar-refractivity contribution >= 4 is 17.3 Å². The van der Waals surface area contributed by atoms with Crippen LogP contribution in [0.4, 0.5) is 11.4 Å². The summed E-state index contributed by atoms with van der Waals surface area (Å²) in [7, 11) is 0. The average Bonchev–Trinajstić information content (AvgIpc) is 2.75. The van der Waals surface area contributed by atoms with Crippen LogP contribution in [0.5, 0.6) is 5.75 Å². The molecular weight excluding hydrogens is 396 g/mol. The van der Waals surface area contributed by atoms with Gasteiger partial charge in [-0.05, 0) is 47.9 Å². The Labute approximate surface area is 180 Å². The largest absolute Gasteiger partial charge is 0.491 e. The minimum Gasteiger partial charge on any atom is -0.491 e. The highest BCUT2D eigenvalue weighted by atomic mass is 16.5. The second kappa shape index (κ2) is 10.0. The number of carboxylic acid groups (broad SMARTS) is 1. The third-order valence-electron chi connectivity index (χ3n) is 4.94. The van der Waals surface area contributed by atoms with Crippen molar-refractivity contribution in [3.63, 3.8) is 0 Å². The van der Waals surface area contributed by atoms with Crippen LogP contribution in [0.3, 0.4) is 0 Å². The van der Waals surface area contributed by atoms with E-state index in [0.717, 1.165) is 36.5 Å². The van der Waals surface area contributed by atoms with Gasteiger partial charge in [-0.15, -0.1) is 5.10 Å². The van der Waals surface area contributed by atoms with E-state index >= 15 is 0 Å². The summed E-state index contributed by atoms with van der Waals surface area (Å²) in [4.78, 5) is 11.2. The van der Waals surface area contributed by atoms with E-state index in [9.17, 15) is 9.90 Å². The van der Waals surface area contributed by atoms with Gasteiger partial charge in [0, 0.05) is 18.8 Å². The molecule has 0 atom stereocenters. The molecule has 0 aliphatic carbocycles. The molecule has 31 heavy (non-hydrogen) atoms. The molecule has 1 aromatic heterocycles. The van der Waals surface area contributed by atoms with E-state index in [0.29, 0.717) is 25.0 Å². The van der Waals surface area contributed by atoms with Crippen LogP contribution in [0.25, 0.3) is 0 Å². The van der Waals surface area contributed by atoms with Gasteiger partial charge in [0.1, 0.15) is 12.4 Å². The molecular formula is C23H24N4O4. The van der Waals surface area contributed by atoms with Crippen molar-refractivity contribution in [2.24, 2.45) is 0 Å². The van der Waals surface area contributed by atoms with Crippen LogP contribution < -0.4 is 15.4 Å². The SMILES string of the molecule is O=C(O)c1nnccc1Nc1ccc(Cc2ccc(OCCOC3CNC3)cc2)cc1. The van der Waals surface area contributed by atoms with Gasteiger partial charge in [-0.25, -0.2) is 4.79 Å². The normalized spacial score (nSPS) is 13.4. The maximum atomic E-state index is 11.2. The molecule has 1 saturated heterocycles. The second-order valence-electron chi connectivity index (χ2n) is 7.24. The molecule has 160 valence electrons. The topological polar surface area (TPSA) is 106 Å². The zero-order chi connectivity index (χ0) is 21.5. The van der Waals surface area contributed by atoms with E-state index in [2.05, 4.69) is 33.0 Å². The summed E-state index contributed by atoms with van der Waals surface area (Å²) in [6.45, 7) is 2.99.